The minimum Gasteiger partial charge on any atom is -0.478 e. The molecule has 126 valence electrons. The molecule has 1 amide bonds. The number of carboxylic acid groups (broad SMARTS) is 1. The highest BCUT2D eigenvalue weighted by Gasteiger charge is 2.31. The fourth-order valence-electron chi connectivity index (χ4n) is 2.46. The van der Waals surface area contributed by atoms with Crippen LogP contribution in [0.2, 0.25) is 0 Å². The van der Waals surface area contributed by atoms with Gasteiger partial charge in [-0.2, -0.15) is 0 Å². The van der Waals surface area contributed by atoms with Gasteiger partial charge in [0.2, 0.25) is 0 Å². The number of aromatic carboxylic acids is 1. The topological polar surface area (TPSA) is 83.0 Å². The highest BCUT2D eigenvalue weighted by molar-refractivity contribution is 5.87. The van der Waals surface area contributed by atoms with E-state index in [-0.39, 0.29) is 17.7 Å². The summed E-state index contributed by atoms with van der Waals surface area (Å²) in [7, 11) is 0. The zero-order chi connectivity index (χ0) is 17.2. The number of ether oxygens (including phenoxy) is 1. The van der Waals surface area contributed by atoms with E-state index in [2.05, 4.69) is 4.98 Å². The number of rotatable bonds is 2. The number of nitrogens with zero attached hydrogens (tertiary/aromatic N) is 3. The van der Waals surface area contributed by atoms with Crippen molar-refractivity contribution in [3.05, 3.63) is 23.9 Å². The van der Waals surface area contributed by atoms with E-state index in [1.54, 1.807) is 11.0 Å². The van der Waals surface area contributed by atoms with Gasteiger partial charge in [-0.25, -0.2) is 14.6 Å². The molecule has 0 unspecified atom stereocenters. The van der Waals surface area contributed by atoms with E-state index in [0.717, 1.165) is 0 Å². The van der Waals surface area contributed by atoms with Gasteiger partial charge in [-0.1, -0.05) is 0 Å². The Bertz CT molecular complexity index is 580. The Morgan fingerprint density at radius 3 is 2.48 bits per heavy atom. The van der Waals surface area contributed by atoms with E-state index in [0.29, 0.717) is 25.5 Å². The Balaban J connectivity index is 2.00. The molecular weight excluding hydrogens is 298 g/mol. The van der Waals surface area contributed by atoms with Crippen molar-refractivity contribution in [2.45, 2.75) is 39.3 Å². The smallest absolute Gasteiger partial charge is 0.410 e. The molecule has 0 aromatic carbocycles. The summed E-state index contributed by atoms with van der Waals surface area (Å²) in [4.78, 5) is 31.0. The minimum absolute atomic E-state index is 0.0143. The van der Waals surface area contributed by atoms with E-state index in [1.807, 2.05) is 32.6 Å². The van der Waals surface area contributed by atoms with Gasteiger partial charge in [-0.15, -0.1) is 0 Å². The highest BCUT2D eigenvalue weighted by Crippen LogP contribution is 2.19. The number of pyridine rings is 1. The van der Waals surface area contributed by atoms with Crippen LogP contribution in [0.5, 0.6) is 0 Å². The van der Waals surface area contributed by atoms with Crippen LogP contribution in [0, 0.1) is 0 Å². The lowest BCUT2D eigenvalue weighted by Gasteiger charge is -2.40. The highest BCUT2D eigenvalue weighted by atomic mass is 16.6. The third-order valence-electron chi connectivity index (χ3n) is 3.57. The molecule has 0 bridgehead atoms. The maximum Gasteiger partial charge on any atom is 0.410 e. The van der Waals surface area contributed by atoms with Crippen LogP contribution >= 0.6 is 0 Å². The summed E-state index contributed by atoms with van der Waals surface area (Å²) in [6.45, 7) is 9.29. The van der Waals surface area contributed by atoms with E-state index in [1.165, 1.54) is 12.3 Å². The van der Waals surface area contributed by atoms with Crippen molar-refractivity contribution in [1.82, 2.24) is 9.88 Å². The van der Waals surface area contributed by atoms with Crippen molar-refractivity contribution in [3.63, 3.8) is 0 Å². The van der Waals surface area contributed by atoms with Crippen molar-refractivity contribution in [2.75, 3.05) is 24.5 Å². The Morgan fingerprint density at radius 1 is 1.30 bits per heavy atom. The first kappa shape index (κ1) is 17.1. The van der Waals surface area contributed by atoms with Crippen LogP contribution in [0.15, 0.2) is 18.3 Å². The van der Waals surface area contributed by atoms with Crippen molar-refractivity contribution < 1.29 is 19.4 Å². The molecule has 1 saturated heterocycles. The number of hydrogen-bond acceptors (Lipinski definition) is 5. The SMILES string of the molecule is C[C@@H]1CN(c2ccc(C(=O)O)cn2)CCN1C(=O)OC(C)(C)C. The monoisotopic (exact) mass is 321 g/mol. The third kappa shape index (κ3) is 4.34. The number of hydrogen-bond donors (Lipinski definition) is 1. The largest absolute Gasteiger partial charge is 0.478 e. The van der Waals surface area contributed by atoms with E-state index in [4.69, 9.17) is 9.84 Å². The Hall–Kier alpha value is -2.31. The predicted molar refractivity (Wildman–Crippen MR) is 85.8 cm³/mol. The summed E-state index contributed by atoms with van der Waals surface area (Å²) in [6.07, 6.45) is 1.04. The molecule has 23 heavy (non-hydrogen) atoms. The van der Waals surface area contributed by atoms with Crippen molar-refractivity contribution in [2.24, 2.45) is 0 Å². The molecule has 7 heteroatoms. The van der Waals surface area contributed by atoms with Crippen LogP contribution in [0.4, 0.5) is 10.6 Å². The molecule has 1 atom stereocenters. The average molecular weight is 321 g/mol. The maximum absolute atomic E-state index is 12.2. The van der Waals surface area contributed by atoms with Gasteiger partial charge >= 0.3 is 12.1 Å². The number of piperazine rings is 1. The standard InChI is InChI=1S/C16H23N3O4/c1-11-10-18(13-6-5-12(9-17-13)14(20)21)7-8-19(11)15(22)23-16(2,3)4/h5-6,9,11H,7-8,10H2,1-4H3,(H,20,21)/t11-/m1/s1. The van der Waals surface area contributed by atoms with E-state index in [9.17, 15) is 9.59 Å². The van der Waals surface area contributed by atoms with Gasteiger partial charge in [0.15, 0.2) is 0 Å². The van der Waals surface area contributed by atoms with Crippen molar-refractivity contribution in [1.29, 1.82) is 0 Å². The molecule has 1 fully saturated rings. The first-order valence-electron chi connectivity index (χ1n) is 7.61. The zero-order valence-corrected chi connectivity index (χ0v) is 13.9. The van der Waals surface area contributed by atoms with Gasteiger partial charge in [-0.05, 0) is 39.8 Å². The minimum atomic E-state index is -0.993. The van der Waals surface area contributed by atoms with Gasteiger partial charge in [0.05, 0.1) is 5.56 Å². The third-order valence-corrected chi connectivity index (χ3v) is 3.57. The lowest BCUT2D eigenvalue weighted by molar-refractivity contribution is 0.0158. The zero-order valence-electron chi connectivity index (χ0n) is 13.9. The number of anilines is 1. The number of amides is 1. The second-order valence-electron chi connectivity index (χ2n) is 6.68. The van der Waals surface area contributed by atoms with Gasteiger partial charge in [0.1, 0.15) is 11.4 Å². The number of carboxylic acids is 1. The molecule has 2 heterocycles. The van der Waals surface area contributed by atoms with Crippen molar-refractivity contribution in [3.8, 4) is 0 Å². The Labute approximate surface area is 135 Å². The van der Waals surface area contributed by atoms with Crippen LogP contribution in [0.3, 0.4) is 0 Å². The number of carbonyl (C=O) groups is 2. The second-order valence-corrected chi connectivity index (χ2v) is 6.68. The van der Waals surface area contributed by atoms with Gasteiger partial charge in [0.25, 0.3) is 0 Å². The Kier molecular flexibility index (Phi) is 4.77. The summed E-state index contributed by atoms with van der Waals surface area (Å²) in [5, 5.41) is 8.91. The Morgan fingerprint density at radius 2 is 2.00 bits per heavy atom. The summed E-state index contributed by atoms with van der Waals surface area (Å²) in [5.41, 5.74) is -0.350. The number of aromatic nitrogens is 1. The fourth-order valence-corrected chi connectivity index (χ4v) is 2.46. The maximum atomic E-state index is 12.2. The summed E-state index contributed by atoms with van der Waals surface area (Å²) < 4.78 is 5.42. The molecule has 0 radical (unpaired) electrons. The predicted octanol–water partition coefficient (Wildman–Crippen LogP) is 2.23. The van der Waals surface area contributed by atoms with Crippen molar-refractivity contribution >= 4 is 17.9 Å². The molecule has 1 N–H and O–H groups in total. The van der Waals surface area contributed by atoms with Gasteiger partial charge in [0, 0.05) is 31.9 Å². The molecule has 7 nitrogen and oxygen atoms in total. The molecule has 0 spiro atoms. The lowest BCUT2D eigenvalue weighted by Crippen LogP contribution is -2.55. The molecule has 1 aliphatic heterocycles. The van der Waals surface area contributed by atoms with Crippen LogP contribution in [0.25, 0.3) is 0 Å². The first-order valence-corrected chi connectivity index (χ1v) is 7.61. The first-order chi connectivity index (χ1) is 10.7. The molecule has 1 aromatic heterocycles. The quantitative estimate of drug-likeness (QED) is 0.899. The molecule has 1 aromatic rings. The second kappa shape index (κ2) is 6.44. The molecule has 1 aliphatic rings. The molecule has 2 rings (SSSR count). The fraction of sp³-hybridized carbons (Fsp3) is 0.562. The summed E-state index contributed by atoms with van der Waals surface area (Å²) >= 11 is 0. The van der Waals surface area contributed by atoms with Gasteiger partial charge < -0.3 is 19.6 Å². The van der Waals surface area contributed by atoms with Crippen LogP contribution in [0.1, 0.15) is 38.1 Å². The lowest BCUT2D eigenvalue weighted by atomic mass is 10.2. The number of carbonyl (C=O) groups excluding carboxylic acids is 1. The molecular formula is C16H23N3O4. The summed E-state index contributed by atoms with van der Waals surface area (Å²) in [5.74, 6) is -0.280. The van der Waals surface area contributed by atoms with Crippen LogP contribution in [-0.2, 0) is 4.74 Å². The summed E-state index contributed by atoms with van der Waals surface area (Å²) in [6, 6.07) is 3.22. The van der Waals surface area contributed by atoms with Gasteiger partial charge in [-0.3, -0.25) is 0 Å². The van der Waals surface area contributed by atoms with Crippen LogP contribution in [-0.4, -0.2) is 58.3 Å². The normalized spacial score (nSPS) is 18.7. The van der Waals surface area contributed by atoms with Crippen LogP contribution < -0.4 is 4.90 Å². The molecule has 0 saturated carbocycles. The average Bonchev–Trinajstić information content (AvgIpc) is 2.45. The van der Waals surface area contributed by atoms with E-state index < -0.39 is 11.6 Å². The van der Waals surface area contributed by atoms with E-state index >= 15 is 0 Å². The molecule has 0 aliphatic carbocycles.